The van der Waals surface area contributed by atoms with Crippen LogP contribution in [0.2, 0.25) is 0 Å². The quantitative estimate of drug-likeness (QED) is 0.913. The molecule has 1 aliphatic rings. The molecule has 4 heteroatoms. The minimum Gasteiger partial charge on any atom is -0.430 e. The van der Waals surface area contributed by atoms with E-state index < -0.39 is 5.63 Å². The molecule has 1 amide bonds. The van der Waals surface area contributed by atoms with Crippen LogP contribution in [0.25, 0.3) is 10.8 Å². The Bertz CT molecular complexity index is 683. The van der Waals surface area contributed by atoms with Crippen LogP contribution in [0.3, 0.4) is 0 Å². The van der Waals surface area contributed by atoms with E-state index in [-0.39, 0.29) is 11.9 Å². The molecule has 0 atom stereocenters. The highest BCUT2D eigenvalue weighted by Crippen LogP contribution is 2.19. The molecule has 0 bridgehead atoms. The van der Waals surface area contributed by atoms with E-state index in [0.717, 1.165) is 25.7 Å². The van der Waals surface area contributed by atoms with Crippen LogP contribution in [-0.4, -0.2) is 11.9 Å². The van der Waals surface area contributed by atoms with Gasteiger partial charge in [0.15, 0.2) is 0 Å². The molecule has 0 unspecified atom stereocenters. The largest absolute Gasteiger partial charge is 0.430 e. The number of carbonyl (C=O) groups is 1. The van der Waals surface area contributed by atoms with E-state index in [0.29, 0.717) is 16.3 Å². The van der Waals surface area contributed by atoms with Gasteiger partial charge in [0.2, 0.25) is 0 Å². The molecular formula is C16H17NO3. The summed E-state index contributed by atoms with van der Waals surface area (Å²) < 4.78 is 4.97. The molecule has 20 heavy (non-hydrogen) atoms. The van der Waals surface area contributed by atoms with Crippen LogP contribution in [0.5, 0.6) is 0 Å². The Morgan fingerprint density at radius 2 is 1.80 bits per heavy atom. The van der Waals surface area contributed by atoms with Gasteiger partial charge in [0.05, 0.1) is 10.9 Å². The average molecular weight is 271 g/mol. The predicted molar refractivity (Wildman–Crippen MR) is 76.8 cm³/mol. The number of benzene rings is 1. The van der Waals surface area contributed by atoms with Gasteiger partial charge in [0, 0.05) is 11.4 Å². The van der Waals surface area contributed by atoms with E-state index in [1.54, 1.807) is 18.2 Å². The highest BCUT2D eigenvalue weighted by atomic mass is 16.4. The molecule has 0 spiro atoms. The molecule has 2 aromatic rings. The summed E-state index contributed by atoms with van der Waals surface area (Å²) in [5, 5.41) is 4.14. The lowest BCUT2D eigenvalue weighted by molar-refractivity contribution is 0.0927. The van der Waals surface area contributed by atoms with Gasteiger partial charge >= 0.3 is 5.63 Å². The third-order valence-corrected chi connectivity index (χ3v) is 3.91. The van der Waals surface area contributed by atoms with Crippen molar-refractivity contribution in [1.82, 2.24) is 5.32 Å². The summed E-state index contributed by atoms with van der Waals surface area (Å²) in [6, 6.07) is 7.28. The van der Waals surface area contributed by atoms with Crippen molar-refractivity contribution < 1.29 is 9.21 Å². The van der Waals surface area contributed by atoms with Crippen LogP contribution >= 0.6 is 0 Å². The molecular weight excluding hydrogens is 254 g/mol. The number of carbonyl (C=O) groups excluding carboxylic acids is 1. The summed E-state index contributed by atoms with van der Waals surface area (Å²) >= 11 is 0. The molecule has 0 radical (unpaired) electrons. The van der Waals surface area contributed by atoms with Crippen molar-refractivity contribution in [3.8, 4) is 0 Å². The van der Waals surface area contributed by atoms with Gasteiger partial charge in [-0.05, 0) is 18.9 Å². The molecule has 3 rings (SSSR count). The maximum absolute atomic E-state index is 12.4. The fourth-order valence-electron chi connectivity index (χ4n) is 2.82. The summed E-state index contributed by atoms with van der Waals surface area (Å²) in [6.07, 6.45) is 6.89. The fraction of sp³-hybridized carbons (Fsp3) is 0.375. The van der Waals surface area contributed by atoms with E-state index in [1.807, 2.05) is 6.07 Å². The van der Waals surface area contributed by atoms with E-state index in [2.05, 4.69) is 5.32 Å². The van der Waals surface area contributed by atoms with Crippen LogP contribution in [0.4, 0.5) is 0 Å². The lowest BCUT2D eigenvalue weighted by Crippen LogP contribution is -2.36. The first-order chi connectivity index (χ1) is 9.75. The topological polar surface area (TPSA) is 59.3 Å². The molecule has 1 aliphatic carbocycles. The molecule has 4 nitrogen and oxygen atoms in total. The smallest absolute Gasteiger partial charge is 0.343 e. The number of hydrogen-bond acceptors (Lipinski definition) is 3. The lowest BCUT2D eigenvalue weighted by Gasteiger charge is -2.22. The van der Waals surface area contributed by atoms with Gasteiger partial charge in [-0.1, -0.05) is 37.5 Å². The Morgan fingerprint density at radius 1 is 1.10 bits per heavy atom. The van der Waals surface area contributed by atoms with E-state index in [4.69, 9.17) is 4.42 Å². The molecule has 1 N–H and O–H groups in total. The fourth-order valence-corrected chi connectivity index (χ4v) is 2.82. The maximum atomic E-state index is 12.4. The number of amides is 1. The van der Waals surface area contributed by atoms with E-state index in [9.17, 15) is 9.59 Å². The molecule has 0 aliphatic heterocycles. The standard InChI is InChI=1S/C16H17NO3/c18-15(17-11-6-2-1-3-7-11)14-10-20-16(19)13-9-5-4-8-12(13)14/h4-5,8-11H,1-3,6-7H2,(H,17,18). The van der Waals surface area contributed by atoms with Gasteiger partial charge in [0.25, 0.3) is 5.91 Å². The molecule has 1 aromatic carbocycles. The third-order valence-electron chi connectivity index (χ3n) is 3.91. The predicted octanol–water partition coefficient (Wildman–Crippen LogP) is 2.86. The Morgan fingerprint density at radius 3 is 2.55 bits per heavy atom. The molecule has 104 valence electrons. The second-order valence-corrected chi connectivity index (χ2v) is 5.29. The molecule has 0 saturated heterocycles. The zero-order valence-electron chi connectivity index (χ0n) is 11.2. The Hall–Kier alpha value is -2.10. The second-order valence-electron chi connectivity index (χ2n) is 5.29. The second kappa shape index (κ2) is 5.49. The van der Waals surface area contributed by atoms with Crippen LogP contribution in [0, 0.1) is 0 Å². The van der Waals surface area contributed by atoms with Crippen LogP contribution in [0.1, 0.15) is 42.5 Å². The first-order valence-electron chi connectivity index (χ1n) is 7.07. The van der Waals surface area contributed by atoms with E-state index >= 15 is 0 Å². The number of hydrogen-bond donors (Lipinski definition) is 1. The van der Waals surface area contributed by atoms with Crippen LogP contribution in [-0.2, 0) is 0 Å². The molecule has 1 saturated carbocycles. The number of nitrogens with one attached hydrogen (secondary N) is 1. The van der Waals surface area contributed by atoms with E-state index in [1.165, 1.54) is 12.7 Å². The highest BCUT2D eigenvalue weighted by molar-refractivity contribution is 6.06. The van der Waals surface area contributed by atoms with Gasteiger partial charge in [-0.25, -0.2) is 4.79 Å². The van der Waals surface area contributed by atoms with Gasteiger partial charge in [-0.3, -0.25) is 4.79 Å². The normalized spacial score (nSPS) is 16.2. The number of rotatable bonds is 2. The minimum atomic E-state index is -0.408. The van der Waals surface area contributed by atoms with Gasteiger partial charge in [-0.2, -0.15) is 0 Å². The zero-order chi connectivity index (χ0) is 13.9. The first-order valence-corrected chi connectivity index (χ1v) is 7.07. The maximum Gasteiger partial charge on any atom is 0.343 e. The van der Waals surface area contributed by atoms with Crippen LogP contribution in [0.15, 0.2) is 39.7 Å². The summed E-state index contributed by atoms with van der Waals surface area (Å²) in [6.45, 7) is 0. The Balaban J connectivity index is 1.91. The van der Waals surface area contributed by atoms with Crippen molar-refractivity contribution in [3.05, 3.63) is 46.5 Å². The van der Waals surface area contributed by atoms with Crippen molar-refractivity contribution >= 4 is 16.7 Å². The summed E-state index contributed by atoms with van der Waals surface area (Å²) in [4.78, 5) is 24.0. The first kappa shape index (κ1) is 12.9. The van der Waals surface area contributed by atoms with Crippen molar-refractivity contribution in [2.45, 2.75) is 38.1 Å². The zero-order valence-corrected chi connectivity index (χ0v) is 11.2. The van der Waals surface area contributed by atoms with Crippen molar-refractivity contribution in [1.29, 1.82) is 0 Å². The van der Waals surface area contributed by atoms with Gasteiger partial charge in [0.1, 0.15) is 6.26 Å². The Labute approximate surface area is 116 Å². The van der Waals surface area contributed by atoms with Crippen molar-refractivity contribution in [2.24, 2.45) is 0 Å². The van der Waals surface area contributed by atoms with Crippen molar-refractivity contribution in [3.63, 3.8) is 0 Å². The number of fused-ring (bicyclic) bond motifs is 1. The summed E-state index contributed by atoms with van der Waals surface area (Å²) in [5.74, 6) is -0.156. The molecule has 1 aromatic heterocycles. The molecule has 1 heterocycles. The van der Waals surface area contributed by atoms with Gasteiger partial charge in [-0.15, -0.1) is 0 Å². The lowest BCUT2D eigenvalue weighted by atomic mass is 9.95. The molecule has 1 fully saturated rings. The Kier molecular flexibility index (Phi) is 3.54. The van der Waals surface area contributed by atoms with Crippen molar-refractivity contribution in [2.75, 3.05) is 0 Å². The summed E-state index contributed by atoms with van der Waals surface area (Å²) in [5.41, 5.74) is 0.0283. The highest BCUT2D eigenvalue weighted by Gasteiger charge is 2.19. The van der Waals surface area contributed by atoms with Crippen LogP contribution < -0.4 is 10.9 Å². The van der Waals surface area contributed by atoms with Gasteiger partial charge < -0.3 is 9.73 Å². The SMILES string of the molecule is O=C(NC1CCCCC1)c1coc(=O)c2ccccc12. The summed E-state index contributed by atoms with van der Waals surface area (Å²) in [7, 11) is 0. The minimum absolute atomic E-state index is 0.156. The monoisotopic (exact) mass is 271 g/mol. The average Bonchev–Trinajstić information content (AvgIpc) is 2.49. The third kappa shape index (κ3) is 2.46.